The molecule has 0 atom stereocenters. The molecule has 1 N–H and O–H groups in total. The molecule has 0 radical (unpaired) electrons. The lowest BCUT2D eigenvalue weighted by Gasteiger charge is -2.37. The number of ether oxygens (including phenoxy) is 2. The van der Waals surface area contributed by atoms with Crippen molar-refractivity contribution in [3.05, 3.63) is 47.5 Å². The highest BCUT2D eigenvalue weighted by Gasteiger charge is 2.19. The van der Waals surface area contributed by atoms with Crippen LogP contribution < -0.4 is 19.7 Å². The molecule has 3 rings (SSSR count). The molecule has 1 aliphatic heterocycles. The molecule has 0 spiro atoms. The standard InChI is InChI=1S/C23H31N3O3/c1-17-6-5-7-20(18(17)2)26-14-12-25(13-15-26)11-10-23(27)24-19-8-9-21(28-3)22(16-19)29-4/h5-9,16H,10-15H2,1-4H3,(H,24,27). The second-order valence-electron chi connectivity index (χ2n) is 7.42. The fraction of sp³-hybridized carbons (Fsp3) is 0.435. The van der Waals surface area contributed by atoms with E-state index in [1.54, 1.807) is 26.4 Å². The second-order valence-corrected chi connectivity index (χ2v) is 7.42. The van der Waals surface area contributed by atoms with Gasteiger partial charge in [-0.3, -0.25) is 9.69 Å². The first-order valence-corrected chi connectivity index (χ1v) is 10.1. The Kier molecular flexibility index (Phi) is 6.99. The van der Waals surface area contributed by atoms with Gasteiger partial charge in [-0.1, -0.05) is 12.1 Å². The minimum absolute atomic E-state index is 0.00850. The number of nitrogens with zero attached hydrogens (tertiary/aromatic N) is 2. The number of rotatable bonds is 7. The van der Waals surface area contributed by atoms with E-state index in [2.05, 4.69) is 47.2 Å². The molecule has 6 nitrogen and oxygen atoms in total. The maximum atomic E-state index is 12.4. The SMILES string of the molecule is COc1ccc(NC(=O)CCN2CCN(c3cccc(C)c3C)CC2)cc1OC. The molecule has 29 heavy (non-hydrogen) atoms. The molecule has 0 aliphatic carbocycles. The van der Waals surface area contributed by atoms with Crippen LogP contribution in [0.5, 0.6) is 11.5 Å². The monoisotopic (exact) mass is 397 g/mol. The van der Waals surface area contributed by atoms with Crippen LogP contribution in [0.1, 0.15) is 17.5 Å². The summed E-state index contributed by atoms with van der Waals surface area (Å²) in [5.41, 5.74) is 4.73. The summed E-state index contributed by atoms with van der Waals surface area (Å²) < 4.78 is 10.5. The molecule has 2 aromatic carbocycles. The van der Waals surface area contributed by atoms with Crippen molar-refractivity contribution < 1.29 is 14.3 Å². The molecule has 0 aromatic heterocycles. The van der Waals surface area contributed by atoms with Crippen molar-refractivity contribution in [3.63, 3.8) is 0 Å². The first-order valence-electron chi connectivity index (χ1n) is 10.1. The highest BCUT2D eigenvalue weighted by atomic mass is 16.5. The molecule has 0 bridgehead atoms. The van der Waals surface area contributed by atoms with Gasteiger partial charge in [-0.05, 0) is 43.2 Å². The maximum absolute atomic E-state index is 12.4. The van der Waals surface area contributed by atoms with Crippen LogP contribution in [-0.2, 0) is 4.79 Å². The van der Waals surface area contributed by atoms with Gasteiger partial charge in [-0.15, -0.1) is 0 Å². The van der Waals surface area contributed by atoms with E-state index in [1.807, 2.05) is 6.07 Å². The normalized spacial score (nSPS) is 14.6. The molecule has 1 saturated heterocycles. The highest BCUT2D eigenvalue weighted by Crippen LogP contribution is 2.29. The molecule has 0 unspecified atom stereocenters. The number of benzene rings is 2. The third-order valence-electron chi connectivity index (χ3n) is 5.61. The Morgan fingerprint density at radius 1 is 1.00 bits per heavy atom. The number of hydrogen-bond acceptors (Lipinski definition) is 5. The summed E-state index contributed by atoms with van der Waals surface area (Å²) in [7, 11) is 3.18. The van der Waals surface area contributed by atoms with E-state index < -0.39 is 0 Å². The van der Waals surface area contributed by atoms with E-state index in [-0.39, 0.29) is 5.91 Å². The lowest BCUT2D eigenvalue weighted by atomic mass is 10.1. The van der Waals surface area contributed by atoms with Crippen molar-refractivity contribution in [1.29, 1.82) is 0 Å². The molecule has 0 saturated carbocycles. The summed E-state index contributed by atoms with van der Waals surface area (Å²) in [6, 6.07) is 11.9. The molecule has 6 heteroatoms. The molecular formula is C23H31N3O3. The quantitative estimate of drug-likeness (QED) is 0.775. The first-order chi connectivity index (χ1) is 14.0. The molecule has 1 heterocycles. The van der Waals surface area contributed by atoms with Crippen molar-refractivity contribution in [2.45, 2.75) is 20.3 Å². The molecule has 1 aliphatic rings. The van der Waals surface area contributed by atoms with Crippen molar-refractivity contribution in [2.75, 3.05) is 57.2 Å². The number of nitrogens with one attached hydrogen (secondary N) is 1. The van der Waals surface area contributed by atoms with Crippen LogP contribution in [0.4, 0.5) is 11.4 Å². The number of carbonyl (C=O) groups excluding carboxylic acids is 1. The first kappa shape index (κ1) is 21.0. The molecular weight excluding hydrogens is 366 g/mol. The van der Waals surface area contributed by atoms with Gasteiger partial charge < -0.3 is 19.7 Å². The fourth-order valence-corrected chi connectivity index (χ4v) is 3.69. The van der Waals surface area contributed by atoms with E-state index in [1.165, 1.54) is 16.8 Å². The summed E-state index contributed by atoms with van der Waals surface area (Å²) in [6.07, 6.45) is 0.470. The Balaban J connectivity index is 1.47. The van der Waals surface area contributed by atoms with Crippen LogP contribution in [0, 0.1) is 13.8 Å². The van der Waals surface area contributed by atoms with Gasteiger partial charge in [-0.2, -0.15) is 0 Å². The Morgan fingerprint density at radius 3 is 2.41 bits per heavy atom. The van der Waals surface area contributed by atoms with Gasteiger partial charge in [0.25, 0.3) is 0 Å². The lowest BCUT2D eigenvalue weighted by Crippen LogP contribution is -2.47. The summed E-state index contributed by atoms with van der Waals surface area (Å²) in [6.45, 7) is 9.03. The van der Waals surface area contributed by atoms with E-state index in [9.17, 15) is 4.79 Å². The number of aryl methyl sites for hydroxylation is 1. The number of piperazine rings is 1. The lowest BCUT2D eigenvalue weighted by molar-refractivity contribution is -0.116. The smallest absolute Gasteiger partial charge is 0.225 e. The van der Waals surface area contributed by atoms with Crippen molar-refractivity contribution in [1.82, 2.24) is 4.90 Å². The summed E-state index contributed by atoms with van der Waals surface area (Å²) in [5.74, 6) is 1.26. The predicted molar refractivity (Wildman–Crippen MR) is 117 cm³/mol. The summed E-state index contributed by atoms with van der Waals surface area (Å²) in [5, 5.41) is 2.94. The fourth-order valence-electron chi connectivity index (χ4n) is 3.69. The van der Waals surface area contributed by atoms with Crippen LogP contribution in [0.25, 0.3) is 0 Å². The Hall–Kier alpha value is -2.73. The summed E-state index contributed by atoms with van der Waals surface area (Å²) in [4.78, 5) is 17.2. The number of amides is 1. The largest absolute Gasteiger partial charge is 0.493 e. The Bertz CT molecular complexity index is 845. The number of hydrogen-bond donors (Lipinski definition) is 1. The van der Waals surface area contributed by atoms with Crippen LogP contribution in [0.3, 0.4) is 0 Å². The second kappa shape index (κ2) is 9.65. The van der Waals surface area contributed by atoms with E-state index in [0.717, 1.165) is 32.7 Å². The van der Waals surface area contributed by atoms with Crippen molar-refractivity contribution in [3.8, 4) is 11.5 Å². The van der Waals surface area contributed by atoms with Gasteiger partial charge in [0.2, 0.25) is 5.91 Å². The summed E-state index contributed by atoms with van der Waals surface area (Å²) >= 11 is 0. The minimum Gasteiger partial charge on any atom is -0.493 e. The van der Waals surface area contributed by atoms with Gasteiger partial charge in [0.15, 0.2) is 11.5 Å². The van der Waals surface area contributed by atoms with Crippen LogP contribution in [0.15, 0.2) is 36.4 Å². The average Bonchev–Trinajstić information content (AvgIpc) is 2.74. The third-order valence-corrected chi connectivity index (χ3v) is 5.61. The zero-order valence-electron chi connectivity index (χ0n) is 17.8. The van der Waals surface area contributed by atoms with Gasteiger partial charge in [0, 0.05) is 56.6 Å². The molecule has 156 valence electrons. The van der Waals surface area contributed by atoms with E-state index >= 15 is 0 Å². The van der Waals surface area contributed by atoms with Gasteiger partial charge in [0.1, 0.15) is 0 Å². The number of methoxy groups -OCH3 is 2. The van der Waals surface area contributed by atoms with E-state index in [4.69, 9.17) is 9.47 Å². The van der Waals surface area contributed by atoms with Crippen LogP contribution >= 0.6 is 0 Å². The number of anilines is 2. The number of carbonyl (C=O) groups is 1. The van der Waals surface area contributed by atoms with Crippen molar-refractivity contribution in [2.24, 2.45) is 0 Å². The van der Waals surface area contributed by atoms with Gasteiger partial charge >= 0.3 is 0 Å². The van der Waals surface area contributed by atoms with Crippen LogP contribution in [0.2, 0.25) is 0 Å². The third kappa shape index (κ3) is 5.21. The van der Waals surface area contributed by atoms with E-state index in [0.29, 0.717) is 23.6 Å². The maximum Gasteiger partial charge on any atom is 0.225 e. The predicted octanol–water partition coefficient (Wildman–Crippen LogP) is 3.47. The molecule has 1 amide bonds. The zero-order valence-corrected chi connectivity index (χ0v) is 17.8. The molecule has 1 fully saturated rings. The highest BCUT2D eigenvalue weighted by molar-refractivity contribution is 5.91. The Morgan fingerprint density at radius 2 is 1.72 bits per heavy atom. The topological polar surface area (TPSA) is 54.0 Å². The van der Waals surface area contributed by atoms with Crippen LogP contribution in [-0.4, -0.2) is 57.8 Å². The minimum atomic E-state index is 0.00850. The average molecular weight is 398 g/mol. The van der Waals surface area contributed by atoms with Gasteiger partial charge in [-0.25, -0.2) is 0 Å². The van der Waals surface area contributed by atoms with Gasteiger partial charge in [0.05, 0.1) is 14.2 Å². The zero-order chi connectivity index (χ0) is 20.8. The Labute approximate surface area is 173 Å². The molecule has 2 aromatic rings. The van der Waals surface area contributed by atoms with Crippen molar-refractivity contribution >= 4 is 17.3 Å².